The fourth-order valence-electron chi connectivity index (χ4n) is 4.51. The molecule has 2 saturated heterocycles. The molecule has 2 atom stereocenters. The fourth-order valence-corrected chi connectivity index (χ4v) is 4.51. The second-order valence-corrected chi connectivity index (χ2v) is 7.02. The first-order valence-electron chi connectivity index (χ1n) is 8.28. The SMILES string of the molecule is CC1=C(C)c2c(c(C(N)=O)cc(F)c2N2CCC3CNCC32)C1. The molecule has 23 heavy (non-hydrogen) atoms. The summed E-state index contributed by atoms with van der Waals surface area (Å²) in [7, 11) is 0. The predicted octanol–water partition coefficient (Wildman–Crippen LogP) is 2.07. The van der Waals surface area contributed by atoms with Gasteiger partial charge >= 0.3 is 0 Å². The van der Waals surface area contributed by atoms with Crippen LogP contribution in [0.4, 0.5) is 10.1 Å². The summed E-state index contributed by atoms with van der Waals surface area (Å²) < 4.78 is 15.0. The van der Waals surface area contributed by atoms with Gasteiger partial charge in [-0.15, -0.1) is 0 Å². The molecule has 2 unspecified atom stereocenters. The van der Waals surface area contributed by atoms with Crippen molar-refractivity contribution in [1.82, 2.24) is 5.32 Å². The number of primary amides is 1. The highest BCUT2D eigenvalue weighted by atomic mass is 19.1. The molecule has 0 spiro atoms. The van der Waals surface area contributed by atoms with Gasteiger partial charge in [-0.2, -0.15) is 0 Å². The molecule has 1 amide bonds. The molecule has 122 valence electrons. The van der Waals surface area contributed by atoms with Crippen LogP contribution in [0.5, 0.6) is 0 Å². The number of anilines is 1. The average molecular weight is 315 g/mol. The molecule has 1 aromatic carbocycles. The van der Waals surface area contributed by atoms with Crippen molar-refractivity contribution in [2.45, 2.75) is 32.7 Å². The molecule has 4 rings (SSSR count). The molecular weight excluding hydrogens is 293 g/mol. The van der Waals surface area contributed by atoms with Gasteiger partial charge in [-0.05, 0) is 49.8 Å². The minimum atomic E-state index is -0.545. The highest BCUT2D eigenvalue weighted by Gasteiger charge is 2.41. The van der Waals surface area contributed by atoms with Crippen molar-refractivity contribution in [2.75, 3.05) is 24.5 Å². The minimum absolute atomic E-state index is 0.320. The van der Waals surface area contributed by atoms with Crippen LogP contribution in [0.25, 0.3) is 5.57 Å². The summed E-state index contributed by atoms with van der Waals surface area (Å²) in [5.41, 5.74) is 10.6. The van der Waals surface area contributed by atoms with Crippen molar-refractivity contribution in [3.63, 3.8) is 0 Å². The lowest BCUT2D eigenvalue weighted by Crippen LogP contribution is -2.35. The lowest BCUT2D eigenvalue weighted by atomic mass is 9.96. The number of nitrogens with one attached hydrogen (secondary N) is 1. The van der Waals surface area contributed by atoms with Crippen LogP contribution in [-0.2, 0) is 6.42 Å². The van der Waals surface area contributed by atoms with Gasteiger partial charge in [0.25, 0.3) is 0 Å². The number of fused-ring (bicyclic) bond motifs is 2. The number of carbonyl (C=O) groups is 1. The van der Waals surface area contributed by atoms with E-state index in [2.05, 4.69) is 10.2 Å². The molecule has 5 heteroatoms. The second kappa shape index (κ2) is 5.06. The van der Waals surface area contributed by atoms with Gasteiger partial charge in [0.05, 0.1) is 5.69 Å². The first kappa shape index (κ1) is 14.7. The van der Waals surface area contributed by atoms with E-state index in [1.54, 1.807) is 0 Å². The highest BCUT2D eigenvalue weighted by Crippen LogP contribution is 2.45. The first-order chi connectivity index (χ1) is 11.0. The van der Waals surface area contributed by atoms with Gasteiger partial charge in [0.15, 0.2) is 0 Å². The van der Waals surface area contributed by atoms with Gasteiger partial charge in [-0.25, -0.2) is 4.39 Å². The van der Waals surface area contributed by atoms with E-state index in [9.17, 15) is 9.18 Å². The Balaban J connectivity index is 1.91. The van der Waals surface area contributed by atoms with E-state index < -0.39 is 5.91 Å². The van der Waals surface area contributed by atoms with E-state index in [0.717, 1.165) is 42.8 Å². The van der Waals surface area contributed by atoms with Crippen molar-refractivity contribution in [1.29, 1.82) is 0 Å². The quantitative estimate of drug-likeness (QED) is 0.878. The van der Waals surface area contributed by atoms with E-state index in [1.807, 2.05) is 13.8 Å². The Bertz CT molecular complexity index is 740. The monoisotopic (exact) mass is 315 g/mol. The largest absolute Gasteiger partial charge is 0.366 e. The van der Waals surface area contributed by atoms with Crippen LogP contribution in [0, 0.1) is 11.7 Å². The van der Waals surface area contributed by atoms with Crippen LogP contribution in [0.3, 0.4) is 0 Å². The molecule has 0 saturated carbocycles. The fraction of sp³-hybridized carbons (Fsp3) is 0.500. The summed E-state index contributed by atoms with van der Waals surface area (Å²) in [4.78, 5) is 14.0. The number of benzene rings is 1. The van der Waals surface area contributed by atoms with Crippen LogP contribution in [-0.4, -0.2) is 31.6 Å². The zero-order chi connectivity index (χ0) is 16.3. The summed E-state index contributed by atoms with van der Waals surface area (Å²) in [6.45, 7) is 6.86. The zero-order valence-electron chi connectivity index (χ0n) is 13.6. The number of hydrogen-bond donors (Lipinski definition) is 2. The van der Waals surface area contributed by atoms with E-state index in [-0.39, 0.29) is 5.82 Å². The van der Waals surface area contributed by atoms with Gasteiger partial charge in [0.1, 0.15) is 5.82 Å². The van der Waals surface area contributed by atoms with Gasteiger partial charge in [-0.1, -0.05) is 5.57 Å². The third-order valence-electron chi connectivity index (χ3n) is 5.82. The minimum Gasteiger partial charge on any atom is -0.366 e. The molecule has 1 aromatic rings. The lowest BCUT2D eigenvalue weighted by Gasteiger charge is -2.29. The van der Waals surface area contributed by atoms with Crippen molar-refractivity contribution >= 4 is 17.2 Å². The second-order valence-electron chi connectivity index (χ2n) is 7.02. The van der Waals surface area contributed by atoms with Gasteiger partial charge in [0, 0.05) is 36.8 Å². The number of rotatable bonds is 2. The number of halogens is 1. The topological polar surface area (TPSA) is 58.4 Å². The summed E-state index contributed by atoms with van der Waals surface area (Å²) in [6.07, 6.45) is 1.78. The van der Waals surface area contributed by atoms with Crippen LogP contribution in [0.2, 0.25) is 0 Å². The Hall–Kier alpha value is -1.88. The molecule has 1 aliphatic carbocycles. The lowest BCUT2D eigenvalue weighted by molar-refractivity contribution is 0.0999. The standard InChI is InChI=1S/C18H22FN3O/c1-9-5-12-13(18(20)23)6-14(19)17(16(12)10(9)2)22-4-3-11-7-21-8-15(11)22/h6,11,15,21H,3-5,7-8H2,1-2H3,(H2,20,23). The molecule has 3 N–H and O–H groups in total. The number of amides is 1. The first-order valence-corrected chi connectivity index (χ1v) is 8.28. The summed E-state index contributed by atoms with van der Waals surface area (Å²) >= 11 is 0. The predicted molar refractivity (Wildman–Crippen MR) is 89.0 cm³/mol. The molecule has 0 bridgehead atoms. The van der Waals surface area contributed by atoms with Crippen molar-refractivity contribution in [3.05, 3.63) is 34.1 Å². The Labute approximate surface area is 135 Å². The number of hydrogen-bond acceptors (Lipinski definition) is 3. The smallest absolute Gasteiger partial charge is 0.249 e. The molecule has 0 radical (unpaired) electrons. The number of nitrogens with zero attached hydrogens (tertiary/aromatic N) is 1. The Kier molecular flexibility index (Phi) is 3.23. The Morgan fingerprint density at radius 1 is 1.39 bits per heavy atom. The van der Waals surface area contributed by atoms with Crippen LogP contribution < -0.4 is 16.0 Å². The van der Waals surface area contributed by atoms with E-state index >= 15 is 0 Å². The van der Waals surface area contributed by atoms with Crippen molar-refractivity contribution in [3.8, 4) is 0 Å². The van der Waals surface area contributed by atoms with Crippen LogP contribution in [0.1, 0.15) is 41.8 Å². The third-order valence-corrected chi connectivity index (χ3v) is 5.82. The normalized spacial score (nSPS) is 26.0. The maximum Gasteiger partial charge on any atom is 0.249 e. The molecule has 4 nitrogen and oxygen atoms in total. The van der Waals surface area contributed by atoms with E-state index in [0.29, 0.717) is 29.6 Å². The molecular formula is C18H22FN3O. The summed E-state index contributed by atoms with van der Waals surface area (Å²) in [5.74, 6) is -0.275. The molecule has 2 heterocycles. The van der Waals surface area contributed by atoms with E-state index in [1.165, 1.54) is 11.6 Å². The molecule has 0 aromatic heterocycles. The number of carbonyl (C=O) groups excluding carboxylic acids is 1. The van der Waals surface area contributed by atoms with Gasteiger partial charge in [0.2, 0.25) is 5.91 Å². The van der Waals surface area contributed by atoms with E-state index in [4.69, 9.17) is 5.73 Å². The van der Waals surface area contributed by atoms with Gasteiger partial charge < -0.3 is 16.0 Å². The molecule has 2 aliphatic heterocycles. The van der Waals surface area contributed by atoms with Crippen molar-refractivity contribution < 1.29 is 9.18 Å². The Morgan fingerprint density at radius 3 is 2.91 bits per heavy atom. The van der Waals surface area contributed by atoms with Gasteiger partial charge in [-0.3, -0.25) is 4.79 Å². The number of allylic oxidation sites excluding steroid dienone is 2. The van der Waals surface area contributed by atoms with Crippen LogP contribution in [0.15, 0.2) is 11.6 Å². The third kappa shape index (κ3) is 2.02. The molecule has 2 fully saturated rings. The van der Waals surface area contributed by atoms with Crippen LogP contribution >= 0.6 is 0 Å². The maximum absolute atomic E-state index is 15.0. The highest BCUT2D eigenvalue weighted by molar-refractivity contribution is 5.99. The van der Waals surface area contributed by atoms with Crippen molar-refractivity contribution in [2.24, 2.45) is 11.7 Å². The average Bonchev–Trinajstić information content (AvgIpc) is 3.16. The zero-order valence-corrected chi connectivity index (χ0v) is 13.6. The summed E-state index contributed by atoms with van der Waals surface area (Å²) in [6, 6.07) is 1.69. The Morgan fingerprint density at radius 2 is 2.17 bits per heavy atom. The number of nitrogens with two attached hydrogens (primary N) is 1. The summed E-state index contributed by atoms with van der Waals surface area (Å²) in [5, 5.41) is 3.41. The maximum atomic E-state index is 15.0. The molecule has 3 aliphatic rings.